The molecule has 17 heavy (non-hydrogen) atoms. The molecule has 0 bridgehead atoms. The van der Waals surface area contributed by atoms with E-state index in [-0.39, 0.29) is 12.2 Å². The van der Waals surface area contributed by atoms with E-state index in [9.17, 15) is 4.79 Å². The summed E-state index contributed by atoms with van der Waals surface area (Å²) in [6.07, 6.45) is 3.06. The Morgan fingerprint density at radius 2 is 2.53 bits per heavy atom. The highest BCUT2D eigenvalue weighted by molar-refractivity contribution is 7.98. The predicted octanol–water partition coefficient (Wildman–Crippen LogP) is 0.909. The van der Waals surface area contributed by atoms with Crippen LogP contribution in [0.4, 0.5) is 5.95 Å². The highest BCUT2D eigenvalue weighted by atomic mass is 32.2. The molecule has 1 aromatic rings. The number of anilines is 1. The lowest BCUT2D eigenvalue weighted by Crippen LogP contribution is -2.08. The number of esters is 1. The van der Waals surface area contributed by atoms with Crippen LogP contribution in [0.2, 0.25) is 0 Å². The summed E-state index contributed by atoms with van der Waals surface area (Å²) in [5, 5.41) is 18.4. The van der Waals surface area contributed by atoms with Crippen molar-refractivity contribution >= 4 is 23.7 Å². The van der Waals surface area contributed by atoms with Crippen LogP contribution in [0.25, 0.3) is 0 Å². The van der Waals surface area contributed by atoms with Gasteiger partial charge in [-0.1, -0.05) is 11.8 Å². The number of rotatable bonds is 5. The smallest absolute Gasteiger partial charge is 0.350 e. The Labute approximate surface area is 102 Å². The summed E-state index contributed by atoms with van der Waals surface area (Å²) in [4.78, 5) is 15.3. The zero-order valence-corrected chi connectivity index (χ0v) is 10.2. The van der Waals surface area contributed by atoms with E-state index in [4.69, 9.17) is 5.26 Å². The van der Waals surface area contributed by atoms with Gasteiger partial charge in [-0.05, 0) is 13.2 Å². The number of H-pyrrole nitrogens is 1. The molecular formula is C9H11N5O2S. The van der Waals surface area contributed by atoms with Crippen LogP contribution in [0.15, 0.2) is 16.9 Å². The lowest BCUT2D eigenvalue weighted by atomic mass is 10.3. The highest BCUT2D eigenvalue weighted by Gasteiger charge is 2.09. The number of nitrogens with zero attached hydrogens (tertiary/aromatic N) is 3. The zero-order chi connectivity index (χ0) is 12.7. The molecular weight excluding hydrogens is 242 g/mol. The molecule has 2 N–H and O–H groups in total. The molecule has 0 aliphatic heterocycles. The van der Waals surface area contributed by atoms with Gasteiger partial charge in [0, 0.05) is 6.20 Å². The SMILES string of the molecule is CCOC(=O)/C(C#N)=C/Nc1nc(SC)n[nH]1. The maximum atomic E-state index is 11.3. The van der Waals surface area contributed by atoms with Gasteiger partial charge in [0.1, 0.15) is 6.07 Å². The van der Waals surface area contributed by atoms with Crippen molar-refractivity contribution in [3.8, 4) is 6.07 Å². The van der Waals surface area contributed by atoms with Gasteiger partial charge in [-0.3, -0.25) is 0 Å². The molecule has 90 valence electrons. The van der Waals surface area contributed by atoms with Gasteiger partial charge >= 0.3 is 5.97 Å². The standard InChI is InChI=1S/C9H11N5O2S/c1-3-16-7(15)6(4-10)5-11-8-12-9(17-2)14-13-8/h5H,3H2,1-2H3,(H2,11,12,13,14)/b6-5+. The Kier molecular flexibility index (Phi) is 5.03. The van der Waals surface area contributed by atoms with Crippen LogP contribution in [0.1, 0.15) is 6.92 Å². The molecule has 1 heterocycles. The summed E-state index contributed by atoms with van der Waals surface area (Å²) >= 11 is 1.37. The van der Waals surface area contributed by atoms with Crippen molar-refractivity contribution in [1.29, 1.82) is 5.26 Å². The first-order chi connectivity index (χ1) is 8.21. The van der Waals surface area contributed by atoms with Crippen LogP contribution in [0.5, 0.6) is 0 Å². The second-order valence-corrected chi connectivity index (χ2v) is 3.48. The summed E-state index contributed by atoms with van der Waals surface area (Å²) in [6, 6.07) is 1.73. The Balaban J connectivity index is 2.67. The fourth-order valence-electron chi connectivity index (χ4n) is 0.888. The van der Waals surface area contributed by atoms with Gasteiger partial charge in [-0.15, -0.1) is 5.10 Å². The van der Waals surface area contributed by atoms with Gasteiger partial charge in [0.15, 0.2) is 5.57 Å². The Morgan fingerprint density at radius 3 is 3.06 bits per heavy atom. The molecule has 1 rings (SSSR count). The fraction of sp³-hybridized carbons (Fsp3) is 0.333. The molecule has 0 fully saturated rings. The van der Waals surface area contributed by atoms with E-state index >= 15 is 0 Å². The van der Waals surface area contributed by atoms with E-state index in [1.165, 1.54) is 18.0 Å². The van der Waals surface area contributed by atoms with E-state index in [2.05, 4.69) is 25.2 Å². The Morgan fingerprint density at radius 1 is 1.76 bits per heavy atom. The van der Waals surface area contributed by atoms with E-state index in [0.29, 0.717) is 11.1 Å². The molecule has 0 atom stereocenters. The van der Waals surface area contributed by atoms with Crippen molar-refractivity contribution in [1.82, 2.24) is 15.2 Å². The van der Waals surface area contributed by atoms with Crippen LogP contribution >= 0.6 is 11.8 Å². The maximum absolute atomic E-state index is 11.3. The minimum absolute atomic E-state index is 0.131. The maximum Gasteiger partial charge on any atom is 0.350 e. The molecule has 0 spiro atoms. The van der Waals surface area contributed by atoms with Crippen molar-refractivity contribution in [3.63, 3.8) is 0 Å². The molecule has 0 amide bonds. The summed E-state index contributed by atoms with van der Waals surface area (Å²) in [6.45, 7) is 1.89. The number of carbonyl (C=O) groups excluding carboxylic acids is 1. The van der Waals surface area contributed by atoms with Gasteiger partial charge in [-0.2, -0.15) is 10.2 Å². The third-order valence-corrected chi connectivity index (χ3v) is 2.16. The molecule has 0 radical (unpaired) electrons. The van der Waals surface area contributed by atoms with Crippen molar-refractivity contribution in [3.05, 3.63) is 11.8 Å². The summed E-state index contributed by atoms with van der Waals surface area (Å²) in [5.74, 6) is -0.321. The molecule has 0 aliphatic rings. The second kappa shape index (κ2) is 6.55. The van der Waals surface area contributed by atoms with Crippen LogP contribution in [0.3, 0.4) is 0 Å². The van der Waals surface area contributed by atoms with Crippen LogP contribution < -0.4 is 5.32 Å². The van der Waals surface area contributed by atoms with Crippen molar-refractivity contribution in [2.75, 3.05) is 18.2 Å². The first-order valence-corrected chi connectivity index (χ1v) is 5.94. The third kappa shape index (κ3) is 3.81. The average Bonchev–Trinajstić information content (AvgIpc) is 2.78. The van der Waals surface area contributed by atoms with Crippen LogP contribution in [-0.4, -0.2) is 34.0 Å². The number of hydrogen-bond acceptors (Lipinski definition) is 7. The van der Waals surface area contributed by atoms with Crippen molar-refractivity contribution < 1.29 is 9.53 Å². The Hall–Kier alpha value is -2.01. The molecule has 1 aromatic heterocycles. The van der Waals surface area contributed by atoms with Gasteiger partial charge in [0.25, 0.3) is 0 Å². The number of aromatic nitrogens is 3. The minimum atomic E-state index is -0.674. The number of hydrogen-bond donors (Lipinski definition) is 2. The third-order valence-electron chi connectivity index (χ3n) is 1.62. The molecule has 0 saturated heterocycles. The lowest BCUT2D eigenvalue weighted by Gasteiger charge is -1.99. The summed E-state index contributed by atoms with van der Waals surface area (Å²) in [7, 11) is 0. The molecule has 0 aliphatic carbocycles. The molecule has 0 unspecified atom stereocenters. The lowest BCUT2D eigenvalue weighted by molar-refractivity contribution is -0.138. The summed E-state index contributed by atoms with van der Waals surface area (Å²) in [5.41, 5.74) is -0.131. The Bertz CT molecular complexity index is 462. The topological polar surface area (TPSA) is 104 Å². The number of aromatic amines is 1. The number of nitriles is 1. The first-order valence-electron chi connectivity index (χ1n) is 4.71. The second-order valence-electron chi connectivity index (χ2n) is 2.71. The molecule has 7 nitrogen and oxygen atoms in total. The number of ether oxygens (including phenoxy) is 1. The van der Waals surface area contributed by atoms with Crippen LogP contribution in [-0.2, 0) is 9.53 Å². The van der Waals surface area contributed by atoms with E-state index in [1.54, 1.807) is 13.0 Å². The average molecular weight is 253 g/mol. The molecule has 8 heteroatoms. The normalized spacial score (nSPS) is 10.8. The summed E-state index contributed by atoms with van der Waals surface area (Å²) < 4.78 is 4.69. The number of nitrogens with one attached hydrogen (secondary N) is 2. The fourth-order valence-corrected chi connectivity index (χ4v) is 1.21. The van der Waals surface area contributed by atoms with Crippen molar-refractivity contribution in [2.24, 2.45) is 0 Å². The minimum Gasteiger partial charge on any atom is -0.462 e. The van der Waals surface area contributed by atoms with Crippen molar-refractivity contribution in [2.45, 2.75) is 12.1 Å². The monoisotopic (exact) mass is 253 g/mol. The predicted molar refractivity (Wildman–Crippen MR) is 62.1 cm³/mol. The van der Waals surface area contributed by atoms with E-state index < -0.39 is 5.97 Å². The number of thioether (sulfide) groups is 1. The van der Waals surface area contributed by atoms with E-state index in [1.807, 2.05) is 6.26 Å². The molecule has 0 saturated carbocycles. The number of carbonyl (C=O) groups is 1. The quantitative estimate of drug-likeness (QED) is 0.348. The zero-order valence-electron chi connectivity index (χ0n) is 9.35. The van der Waals surface area contributed by atoms with Gasteiger partial charge in [-0.25, -0.2) is 9.89 Å². The van der Waals surface area contributed by atoms with Gasteiger partial charge in [0.2, 0.25) is 11.1 Å². The van der Waals surface area contributed by atoms with Gasteiger partial charge < -0.3 is 10.1 Å². The molecule has 0 aromatic carbocycles. The first kappa shape index (κ1) is 13.1. The van der Waals surface area contributed by atoms with Crippen LogP contribution in [0, 0.1) is 11.3 Å². The largest absolute Gasteiger partial charge is 0.462 e. The van der Waals surface area contributed by atoms with Gasteiger partial charge in [0.05, 0.1) is 6.61 Å². The van der Waals surface area contributed by atoms with E-state index in [0.717, 1.165) is 0 Å². The highest BCUT2D eigenvalue weighted by Crippen LogP contribution is 2.09.